The van der Waals surface area contributed by atoms with Gasteiger partial charge in [-0.15, -0.1) is 0 Å². The van der Waals surface area contributed by atoms with Gasteiger partial charge >= 0.3 is 5.97 Å². The Morgan fingerprint density at radius 2 is 2.31 bits per heavy atom. The van der Waals surface area contributed by atoms with Crippen LogP contribution in [0, 0.1) is 0 Å². The van der Waals surface area contributed by atoms with Gasteiger partial charge in [0.15, 0.2) is 0 Å². The van der Waals surface area contributed by atoms with Crippen LogP contribution in [0.25, 0.3) is 0 Å². The van der Waals surface area contributed by atoms with E-state index in [0.717, 1.165) is 30.6 Å². The van der Waals surface area contributed by atoms with Gasteiger partial charge in [-0.3, -0.25) is 4.79 Å². The first-order valence-corrected chi connectivity index (χ1v) is 5.82. The van der Waals surface area contributed by atoms with E-state index in [-0.39, 0.29) is 11.9 Å². The van der Waals surface area contributed by atoms with E-state index in [1.54, 1.807) is 0 Å². The Hall–Kier alpha value is -1.51. The Morgan fingerprint density at radius 1 is 1.50 bits per heavy atom. The normalized spacial score (nSPS) is 18.4. The van der Waals surface area contributed by atoms with E-state index in [1.807, 2.05) is 31.2 Å². The summed E-state index contributed by atoms with van der Waals surface area (Å²) in [7, 11) is 0. The lowest BCUT2D eigenvalue weighted by molar-refractivity contribution is -0.145. The van der Waals surface area contributed by atoms with Crippen LogP contribution >= 0.6 is 0 Å². The Balaban J connectivity index is 2.15. The third kappa shape index (κ3) is 2.18. The maximum Gasteiger partial charge on any atom is 0.313 e. The Kier molecular flexibility index (Phi) is 3.44. The van der Waals surface area contributed by atoms with Crippen molar-refractivity contribution in [2.45, 2.75) is 25.7 Å². The standard InChI is InChI=1S/C13H17NO2/c1-2-9-16-13(15)11-7-8-14-12-6-4-3-5-10(11)12/h3-6,11,14H,2,7-9H2,1H3. The zero-order chi connectivity index (χ0) is 11.4. The van der Waals surface area contributed by atoms with Gasteiger partial charge in [0.1, 0.15) is 0 Å². The van der Waals surface area contributed by atoms with Gasteiger partial charge in [0.2, 0.25) is 0 Å². The van der Waals surface area contributed by atoms with E-state index in [2.05, 4.69) is 5.32 Å². The monoisotopic (exact) mass is 219 g/mol. The van der Waals surface area contributed by atoms with Crippen molar-refractivity contribution in [2.75, 3.05) is 18.5 Å². The van der Waals surface area contributed by atoms with E-state index >= 15 is 0 Å². The molecule has 1 aromatic carbocycles. The highest BCUT2D eigenvalue weighted by Crippen LogP contribution is 2.32. The third-order valence-corrected chi connectivity index (χ3v) is 2.82. The molecule has 0 bridgehead atoms. The number of carbonyl (C=O) groups excluding carboxylic acids is 1. The minimum Gasteiger partial charge on any atom is -0.465 e. The van der Waals surface area contributed by atoms with E-state index < -0.39 is 0 Å². The van der Waals surface area contributed by atoms with Crippen molar-refractivity contribution in [1.29, 1.82) is 0 Å². The van der Waals surface area contributed by atoms with Crippen LogP contribution in [0.4, 0.5) is 5.69 Å². The number of rotatable bonds is 3. The van der Waals surface area contributed by atoms with Gasteiger partial charge in [0, 0.05) is 12.2 Å². The zero-order valence-corrected chi connectivity index (χ0v) is 9.53. The molecule has 86 valence electrons. The quantitative estimate of drug-likeness (QED) is 0.794. The molecule has 0 saturated carbocycles. The molecule has 1 heterocycles. The second-order valence-corrected chi connectivity index (χ2v) is 4.02. The molecule has 3 nitrogen and oxygen atoms in total. The number of hydrogen-bond acceptors (Lipinski definition) is 3. The number of nitrogens with one attached hydrogen (secondary N) is 1. The fraction of sp³-hybridized carbons (Fsp3) is 0.462. The van der Waals surface area contributed by atoms with Crippen LogP contribution in [0.1, 0.15) is 31.2 Å². The van der Waals surface area contributed by atoms with Crippen molar-refractivity contribution in [3.05, 3.63) is 29.8 Å². The Bertz CT molecular complexity index is 376. The van der Waals surface area contributed by atoms with Crippen LogP contribution in [0.3, 0.4) is 0 Å². The Labute approximate surface area is 95.8 Å². The minimum atomic E-state index is -0.0935. The van der Waals surface area contributed by atoms with Crippen LogP contribution in [0.2, 0.25) is 0 Å². The molecule has 0 aromatic heterocycles. The first-order chi connectivity index (χ1) is 7.83. The minimum absolute atomic E-state index is 0.0872. The van der Waals surface area contributed by atoms with Crippen LogP contribution in [-0.2, 0) is 9.53 Å². The molecule has 16 heavy (non-hydrogen) atoms. The molecule has 1 unspecified atom stereocenters. The number of para-hydroxylation sites is 1. The lowest BCUT2D eigenvalue weighted by atomic mass is 9.91. The van der Waals surface area contributed by atoms with Crippen molar-refractivity contribution in [3.63, 3.8) is 0 Å². The molecular formula is C13H17NO2. The number of hydrogen-bond donors (Lipinski definition) is 1. The van der Waals surface area contributed by atoms with Crippen molar-refractivity contribution in [1.82, 2.24) is 0 Å². The molecule has 1 aliphatic heterocycles. The van der Waals surface area contributed by atoms with Gasteiger partial charge in [0.05, 0.1) is 12.5 Å². The number of fused-ring (bicyclic) bond motifs is 1. The summed E-state index contributed by atoms with van der Waals surface area (Å²) in [4.78, 5) is 11.9. The second-order valence-electron chi connectivity index (χ2n) is 4.02. The summed E-state index contributed by atoms with van der Waals surface area (Å²) in [5, 5.41) is 3.30. The van der Waals surface area contributed by atoms with Gasteiger partial charge in [-0.1, -0.05) is 25.1 Å². The van der Waals surface area contributed by atoms with Crippen LogP contribution in [0.15, 0.2) is 24.3 Å². The summed E-state index contributed by atoms with van der Waals surface area (Å²) in [5.41, 5.74) is 2.13. The average molecular weight is 219 g/mol. The number of anilines is 1. The highest BCUT2D eigenvalue weighted by Gasteiger charge is 2.27. The largest absolute Gasteiger partial charge is 0.465 e. The summed E-state index contributed by atoms with van der Waals surface area (Å²) >= 11 is 0. The van der Waals surface area contributed by atoms with Gasteiger partial charge in [0.25, 0.3) is 0 Å². The van der Waals surface area contributed by atoms with E-state index in [1.165, 1.54) is 0 Å². The van der Waals surface area contributed by atoms with Gasteiger partial charge in [-0.25, -0.2) is 0 Å². The van der Waals surface area contributed by atoms with Crippen molar-refractivity contribution < 1.29 is 9.53 Å². The summed E-state index contributed by atoms with van der Waals surface area (Å²) in [6, 6.07) is 7.95. The number of benzene rings is 1. The molecule has 0 amide bonds. The smallest absolute Gasteiger partial charge is 0.313 e. The van der Waals surface area contributed by atoms with Crippen molar-refractivity contribution in [2.24, 2.45) is 0 Å². The van der Waals surface area contributed by atoms with Crippen molar-refractivity contribution in [3.8, 4) is 0 Å². The lowest BCUT2D eigenvalue weighted by Gasteiger charge is -2.25. The topological polar surface area (TPSA) is 38.3 Å². The van der Waals surface area contributed by atoms with Crippen molar-refractivity contribution >= 4 is 11.7 Å². The highest BCUT2D eigenvalue weighted by atomic mass is 16.5. The first-order valence-electron chi connectivity index (χ1n) is 5.82. The summed E-state index contributed by atoms with van der Waals surface area (Å²) in [5.74, 6) is -0.181. The third-order valence-electron chi connectivity index (χ3n) is 2.82. The van der Waals surface area contributed by atoms with E-state index in [4.69, 9.17) is 4.74 Å². The molecule has 0 spiro atoms. The first kappa shape index (κ1) is 11.0. The molecule has 0 aliphatic carbocycles. The second kappa shape index (κ2) is 5.01. The van der Waals surface area contributed by atoms with Crippen LogP contribution in [0.5, 0.6) is 0 Å². The zero-order valence-electron chi connectivity index (χ0n) is 9.53. The SMILES string of the molecule is CCCOC(=O)C1CCNc2ccccc21. The maximum atomic E-state index is 11.9. The molecule has 1 aliphatic rings. The predicted molar refractivity (Wildman–Crippen MR) is 63.5 cm³/mol. The Morgan fingerprint density at radius 3 is 3.12 bits per heavy atom. The summed E-state index contributed by atoms with van der Waals surface area (Å²) < 4.78 is 5.22. The molecular weight excluding hydrogens is 202 g/mol. The van der Waals surface area contributed by atoms with E-state index in [9.17, 15) is 4.79 Å². The fourth-order valence-electron chi connectivity index (χ4n) is 2.02. The fourth-order valence-corrected chi connectivity index (χ4v) is 2.02. The lowest BCUT2D eigenvalue weighted by Crippen LogP contribution is -2.24. The number of ether oxygens (including phenoxy) is 1. The van der Waals surface area contributed by atoms with Crippen LogP contribution in [-0.4, -0.2) is 19.1 Å². The van der Waals surface area contributed by atoms with Crippen LogP contribution < -0.4 is 5.32 Å². The molecule has 1 aromatic rings. The molecule has 3 heteroatoms. The maximum absolute atomic E-state index is 11.9. The van der Waals surface area contributed by atoms with Gasteiger partial charge < -0.3 is 10.1 Å². The summed E-state index contributed by atoms with van der Waals surface area (Å²) in [6.45, 7) is 3.36. The molecule has 0 radical (unpaired) electrons. The average Bonchev–Trinajstić information content (AvgIpc) is 2.35. The highest BCUT2D eigenvalue weighted by molar-refractivity contribution is 5.81. The molecule has 2 rings (SSSR count). The molecule has 0 saturated heterocycles. The number of esters is 1. The molecule has 1 atom stereocenters. The van der Waals surface area contributed by atoms with Gasteiger partial charge in [-0.05, 0) is 24.5 Å². The molecule has 1 N–H and O–H groups in total. The molecule has 0 fully saturated rings. The van der Waals surface area contributed by atoms with Gasteiger partial charge in [-0.2, -0.15) is 0 Å². The number of carbonyl (C=O) groups is 1. The predicted octanol–water partition coefficient (Wildman–Crippen LogP) is 2.54. The summed E-state index contributed by atoms with van der Waals surface area (Å²) in [6.07, 6.45) is 1.69. The van der Waals surface area contributed by atoms with E-state index in [0.29, 0.717) is 6.61 Å².